The van der Waals surface area contributed by atoms with Crippen LogP contribution >= 0.6 is 0 Å². The van der Waals surface area contributed by atoms with Crippen LogP contribution in [-0.4, -0.2) is 69.8 Å². The van der Waals surface area contributed by atoms with Gasteiger partial charge in [-0.2, -0.15) is 0 Å². The average Bonchev–Trinajstić information content (AvgIpc) is 3.16. The Kier molecular flexibility index (Phi) is 5.69. The van der Waals surface area contributed by atoms with Crippen molar-refractivity contribution < 1.29 is 9.59 Å². The molecule has 1 aromatic heterocycles. The Morgan fingerprint density at radius 2 is 1.71 bits per heavy atom. The molecule has 164 valence electrons. The summed E-state index contributed by atoms with van der Waals surface area (Å²) in [4.78, 5) is 40.6. The number of carbonyl (C=O) groups excluding carboxylic acids is 2. The lowest BCUT2D eigenvalue weighted by Gasteiger charge is -2.37. The lowest BCUT2D eigenvalue weighted by molar-refractivity contribution is -0.136. The Hall–Kier alpha value is -2.96. The molecule has 0 saturated carbocycles. The summed E-state index contributed by atoms with van der Waals surface area (Å²) in [5.74, 6) is 1.58. The van der Waals surface area contributed by atoms with Crippen LogP contribution in [-0.2, 0) is 9.59 Å². The van der Waals surface area contributed by atoms with Crippen LogP contribution < -0.4 is 4.90 Å². The van der Waals surface area contributed by atoms with E-state index in [1.807, 2.05) is 73.9 Å². The summed E-state index contributed by atoms with van der Waals surface area (Å²) in [5.41, 5.74) is 1.73. The van der Waals surface area contributed by atoms with Gasteiger partial charge in [0.25, 0.3) is 0 Å². The highest BCUT2D eigenvalue weighted by molar-refractivity contribution is 5.89. The second-order valence-electron chi connectivity index (χ2n) is 9.41. The van der Waals surface area contributed by atoms with Gasteiger partial charge in [0, 0.05) is 56.3 Å². The second kappa shape index (κ2) is 8.29. The zero-order valence-corrected chi connectivity index (χ0v) is 18.8. The van der Waals surface area contributed by atoms with Crippen molar-refractivity contribution in [3.8, 4) is 11.3 Å². The fraction of sp³-hybridized carbons (Fsp3) is 0.500. The normalized spacial score (nSPS) is 19.8. The minimum Gasteiger partial charge on any atom is -0.353 e. The molecule has 7 nitrogen and oxygen atoms in total. The summed E-state index contributed by atoms with van der Waals surface area (Å²) < 4.78 is 0. The molecule has 4 rings (SSSR count). The van der Waals surface area contributed by atoms with Gasteiger partial charge in [-0.15, -0.1) is 0 Å². The molecule has 31 heavy (non-hydrogen) atoms. The first-order chi connectivity index (χ1) is 14.7. The van der Waals surface area contributed by atoms with Gasteiger partial charge in [-0.25, -0.2) is 9.97 Å². The molecule has 2 aromatic rings. The highest BCUT2D eigenvalue weighted by Crippen LogP contribution is 2.28. The summed E-state index contributed by atoms with van der Waals surface area (Å²) in [7, 11) is 0. The minimum absolute atomic E-state index is 0.0781. The molecule has 0 N–H and O–H groups in total. The highest BCUT2D eigenvalue weighted by Gasteiger charge is 2.41. The van der Waals surface area contributed by atoms with Crippen molar-refractivity contribution >= 4 is 17.6 Å². The summed E-state index contributed by atoms with van der Waals surface area (Å²) in [6, 6.07) is 12.1. The molecule has 3 heterocycles. The number of piperazine rings is 1. The number of benzene rings is 1. The van der Waals surface area contributed by atoms with Gasteiger partial charge in [0.15, 0.2) is 0 Å². The third-order valence-corrected chi connectivity index (χ3v) is 6.09. The molecule has 1 aromatic carbocycles. The molecule has 2 aliphatic rings. The van der Waals surface area contributed by atoms with Crippen LogP contribution in [0.5, 0.6) is 0 Å². The van der Waals surface area contributed by atoms with E-state index in [1.54, 1.807) is 0 Å². The van der Waals surface area contributed by atoms with Crippen molar-refractivity contribution in [1.82, 2.24) is 19.8 Å². The van der Waals surface area contributed by atoms with Crippen LogP contribution in [0.4, 0.5) is 5.82 Å². The molecular formula is C24H31N5O2. The maximum absolute atomic E-state index is 13.1. The lowest BCUT2D eigenvalue weighted by atomic mass is 10.1. The largest absolute Gasteiger partial charge is 0.353 e. The Morgan fingerprint density at radius 3 is 2.32 bits per heavy atom. The maximum atomic E-state index is 13.1. The van der Waals surface area contributed by atoms with Gasteiger partial charge in [-0.05, 0) is 27.7 Å². The number of aromatic nitrogens is 2. The van der Waals surface area contributed by atoms with Crippen molar-refractivity contribution in [2.45, 2.75) is 39.7 Å². The van der Waals surface area contributed by atoms with E-state index in [4.69, 9.17) is 0 Å². The van der Waals surface area contributed by atoms with Gasteiger partial charge in [-0.1, -0.05) is 30.3 Å². The first kappa shape index (κ1) is 21.3. The Labute approximate surface area is 184 Å². The molecule has 1 atom stereocenters. The Bertz CT molecular complexity index is 962. The van der Waals surface area contributed by atoms with E-state index in [0.29, 0.717) is 26.1 Å². The van der Waals surface area contributed by atoms with E-state index in [2.05, 4.69) is 14.9 Å². The summed E-state index contributed by atoms with van der Waals surface area (Å²) >= 11 is 0. The molecule has 0 radical (unpaired) electrons. The highest BCUT2D eigenvalue weighted by atomic mass is 16.2. The SMILES string of the molecule is Cc1nc(-c2ccccc2)cc(N2CCN(C(=O)C3CC(=O)N(C(C)(C)C)C3)CC2)n1. The molecule has 2 fully saturated rings. The van der Waals surface area contributed by atoms with E-state index >= 15 is 0 Å². The second-order valence-corrected chi connectivity index (χ2v) is 9.41. The van der Waals surface area contributed by atoms with E-state index < -0.39 is 0 Å². The van der Waals surface area contributed by atoms with Crippen LogP contribution in [0.1, 0.15) is 33.0 Å². The Balaban J connectivity index is 1.41. The molecular weight excluding hydrogens is 390 g/mol. The standard InChI is InChI=1S/C24H31N5O2/c1-17-25-20(18-8-6-5-7-9-18)15-21(26-17)27-10-12-28(13-11-27)23(31)19-14-22(30)29(16-19)24(2,3)4/h5-9,15,19H,10-14,16H2,1-4H3. The van der Waals surface area contributed by atoms with E-state index in [-0.39, 0.29) is 23.3 Å². The van der Waals surface area contributed by atoms with Crippen molar-refractivity contribution in [3.05, 3.63) is 42.2 Å². The quantitative estimate of drug-likeness (QED) is 0.762. The lowest BCUT2D eigenvalue weighted by Crippen LogP contribution is -2.51. The van der Waals surface area contributed by atoms with E-state index in [0.717, 1.165) is 36.0 Å². The summed E-state index contributed by atoms with van der Waals surface area (Å²) in [6.07, 6.45) is 0.321. The smallest absolute Gasteiger partial charge is 0.228 e. The number of hydrogen-bond acceptors (Lipinski definition) is 5. The van der Waals surface area contributed by atoms with Crippen molar-refractivity contribution in [1.29, 1.82) is 0 Å². The minimum atomic E-state index is -0.244. The molecule has 2 saturated heterocycles. The molecule has 2 amide bonds. The third kappa shape index (κ3) is 4.55. The first-order valence-electron chi connectivity index (χ1n) is 11.0. The molecule has 0 bridgehead atoms. The third-order valence-electron chi connectivity index (χ3n) is 6.09. The van der Waals surface area contributed by atoms with E-state index in [9.17, 15) is 9.59 Å². The van der Waals surface area contributed by atoms with Gasteiger partial charge < -0.3 is 14.7 Å². The topological polar surface area (TPSA) is 69.6 Å². The zero-order valence-electron chi connectivity index (χ0n) is 18.8. The van der Waals surface area contributed by atoms with Gasteiger partial charge >= 0.3 is 0 Å². The number of amides is 2. The Morgan fingerprint density at radius 1 is 1.03 bits per heavy atom. The number of rotatable bonds is 3. The van der Waals surface area contributed by atoms with Crippen LogP contribution in [0, 0.1) is 12.8 Å². The van der Waals surface area contributed by atoms with Gasteiger partial charge in [-0.3, -0.25) is 9.59 Å². The number of hydrogen-bond donors (Lipinski definition) is 0. The van der Waals surface area contributed by atoms with Crippen LogP contribution in [0.2, 0.25) is 0 Å². The van der Waals surface area contributed by atoms with Crippen LogP contribution in [0.3, 0.4) is 0 Å². The summed E-state index contributed by atoms with van der Waals surface area (Å²) in [5, 5.41) is 0. The molecule has 0 spiro atoms. The average molecular weight is 422 g/mol. The monoisotopic (exact) mass is 421 g/mol. The molecule has 2 aliphatic heterocycles. The summed E-state index contributed by atoms with van der Waals surface area (Å²) in [6.45, 7) is 11.2. The number of anilines is 1. The number of carbonyl (C=O) groups is 2. The van der Waals surface area contributed by atoms with Crippen molar-refractivity contribution in [2.24, 2.45) is 5.92 Å². The van der Waals surface area contributed by atoms with Gasteiger partial charge in [0.1, 0.15) is 11.6 Å². The fourth-order valence-corrected chi connectivity index (χ4v) is 4.41. The van der Waals surface area contributed by atoms with E-state index in [1.165, 1.54) is 0 Å². The van der Waals surface area contributed by atoms with Crippen molar-refractivity contribution in [2.75, 3.05) is 37.6 Å². The first-order valence-corrected chi connectivity index (χ1v) is 11.0. The molecule has 0 aliphatic carbocycles. The van der Waals surface area contributed by atoms with Crippen LogP contribution in [0.25, 0.3) is 11.3 Å². The number of nitrogens with zero attached hydrogens (tertiary/aromatic N) is 5. The number of likely N-dealkylation sites (tertiary alicyclic amines) is 1. The van der Waals surface area contributed by atoms with Crippen molar-refractivity contribution in [3.63, 3.8) is 0 Å². The van der Waals surface area contributed by atoms with Gasteiger partial charge in [0.05, 0.1) is 11.6 Å². The van der Waals surface area contributed by atoms with Crippen LogP contribution in [0.15, 0.2) is 36.4 Å². The maximum Gasteiger partial charge on any atom is 0.228 e. The predicted molar refractivity (Wildman–Crippen MR) is 121 cm³/mol. The predicted octanol–water partition coefficient (Wildman–Crippen LogP) is 2.75. The molecule has 7 heteroatoms. The fourth-order valence-electron chi connectivity index (χ4n) is 4.41. The number of aryl methyl sites for hydroxylation is 1. The molecule has 1 unspecified atom stereocenters. The zero-order chi connectivity index (χ0) is 22.2. The van der Waals surface area contributed by atoms with Gasteiger partial charge in [0.2, 0.25) is 11.8 Å².